The van der Waals surface area contributed by atoms with Crippen molar-refractivity contribution in [3.05, 3.63) is 35.0 Å². The van der Waals surface area contributed by atoms with Gasteiger partial charge in [0.05, 0.1) is 11.0 Å². The summed E-state index contributed by atoms with van der Waals surface area (Å²) in [5.74, 6) is 0.418. The summed E-state index contributed by atoms with van der Waals surface area (Å²) in [5.41, 5.74) is 1.77. The number of hydrogen-bond donors (Lipinski definition) is 2. The minimum absolute atomic E-state index is 0.170. The summed E-state index contributed by atoms with van der Waals surface area (Å²) in [5, 5.41) is 10.5. The van der Waals surface area contributed by atoms with E-state index in [2.05, 4.69) is 16.8 Å². The Morgan fingerprint density at radius 3 is 2.72 bits per heavy atom. The quantitative estimate of drug-likeness (QED) is 0.620. The van der Waals surface area contributed by atoms with Crippen molar-refractivity contribution in [2.75, 3.05) is 19.6 Å². The van der Waals surface area contributed by atoms with E-state index in [0.717, 1.165) is 81.0 Å². The van der Waals surface area contributed by atoms with Gasteiger partial charge in [0, 0.05) is 23.1 Å². The first-order valence-electron chi connectivity index (χ1n) is 11.9. The molecular formula is C25H31F3N2O2. The molecule has 2 aliphatic carbocycles. The fraction of sp³-hybridized carbons (Fsp3) is 0.640. The van der Waals surface area contributed by atoms with E-state index in [4.69, 9.17) is 0 Å². The van der Waals surface area contributed by atoms with Crippen molar-refractivity contribution in [2.24, 2.45) is 17.3 Å². The van der Waals surface area contributed by atoms with Crippen LogP contribution in [0.25, 0.3) is 10.9 Å². The molecule has 5 rings (SSSR count). The van der Waals surface area contributed by atoms with Crippen molar-refractivity contribution in [2.45, 2.75) is 64.0 Å². The van der Waals surface area contributed by atoms with Crippen LogP contribution in [0.1, 0.15) is 68.2 Å². The van der Waals surface area contributed by atoms with E-state index in [-0.39, 0.29) is 5.92 Å². The first-order valence-corrected chi connectivity index (χ1v) is 11.9. The number of alkyl halides is 3. The van der Waals surface area contributed by atoms with E-state index in [1.807, 2.05) is 0 Å². The molecule has 1 aromatic heterocycles. The summed E-state index contributed by atoms with van der Waals surface area (Å²) in [7, 11) is 0. The average Bonchev–Trinajstić information content (AvgIpc) is 3.37. The first kappa shape index (κ1) is 21.8. The minimum Gasteiger partial charge on any atom is -0.481 e. The molecule has 2 fully saturated rings. The fourth-order valence-corrected chi connectivity index (χ4v) is 6.72. The smallest absolute Gasteiger partial charge is 0.416 e. The number of H-pyrrole nitrogens is 1. The zero-order chi connectivity index (χ0) is 22.7. The number of aromatic amines is 1. The average molecular weight is 449 g/mol. The van der Waals surface area contributed by atoms with Gasteiger partial charge in [-0.3, -0.25) is 4.79 Å². The normalized spacial score (nSPS) is 27.9. The summed E-state index contributed by atoms with van der Waals surface area (Å²) in [6.45, 7) is 4.81. The molecule has 2 heterocycles. The molecule has 3 atom stereocenters. The van der Waals surface area contributed by atoms with Crippen molar-refractivity contribution < 1.29 is 23.1 Å². The van der Waals surface area contributed by atoms with E-state index < -0.39 is 23.1 Å². The second-order valence-electron chi connectivity index (χ2n) is 10.3. The molecule has 1 saturated carbocycles. The van der Waals surface area contributed by atoms with Crippen LogP contribution in [-0.2, 0) is 17.4 Å². The fourth-order valence-electron chi connectivity index (χ4n) is 6.72. The van der Waals surface area contributed by atoms with E-state index >= 15 is 0 Å². The third-order valence-electron chi connectivity index (χ3n) is 8.62. The van der Waals surface area contributed by atoms with Crippen molar-refractivity contribution in [1.82, 2.24) is 9.88 Å². The Morgan fingerprint density at radius 2 is 2.03 bits per heavy atom. The lowest BCUT2D eigenvalue weighted by Gasteiger charge is -2.45. The maximum Gasteiger partial charge on any atom is 0.416 e. The van der Waals surface area contributed by atoms with Gasteiger partial charge in [-0.1, -0.05) is 19.8 Å². The van der Waals surface area contributed by atoms with Crippen molar-refractivity contribution in [1.29, 1.82) is 0 Å². The Bertz CT molecular complexity index is 1020. The molecule has 2 aromatic rings. The van der Waals surface area contributed by atoms with Gasteiger partial charge >= 0.3 is 12.1 Å². The number of hydrogen-bond acceptors (Lipinski definition) is 2. The Balaban J connectivity index is 1.36. The highest BCUT2D eigenvalue weighted by atomic mass is 19.4. The SMILES string of the molecule is C[C@H]1c2c([nH]c3ccc(C(F)(F)F)cc23)C[C@H]2CCN(CCC3(C(=O)O)CCCC3)C[C@@H]21. The number of aromatic nitrogens is 1. The summed E-state index contributed by atoms with van der Waals surface area (Å²) >= 11 is 0. The molecule has 1 aromatic carbocycles. The standard InChI is InChI=1S/C25H31F3N2O2/c1-15-19-14-30(11-9-24(23(31)32)7-2-3-8-24)10-6-16(19)12-21-22(15)18-13-17(25(26,27)28)4-5-20(18)29-21/h4-5,13,15-16,19,29H,2-3,6-12,14H2,1H3,(H,31,32)/t15-,16-,19-/m1/s1. The Kier molecular flexibility index (Phi) is 5.31. The maximum absolute atomic E-state index is 13.3. The number of nitrogens with one attached hydrogen (secondary N) is 1. The van der Waals surface area contributed by atoms with Gasteiger partial charge < -0.3 is 15.0 Å². The molecule has 4 nitrogen and oxygen atoms in total. The van der Waals surface area contributed by atoms with Gasteiger partial charge in [0.1, 0.15) is 0 Å². The predicted molar refractivity (Wildman–Crippen MR) is 117 cm³/mol. The third-order valence-corrected chi connectivity index (χ3v) is 8.62. The van der Waals surface area contributed by atoms with Crippen LogP contribution in [0.5, 0.6) is 0 Å². The summed E-state index contributed by atoms with van der Waals surface area (Å²) < 4.78 is 39.9. The zero-order valence-corrected chi connectivity index (χ0v) is 18.5. The maximum atomic E-state index is 13.3. The number of fused-ring (bicyclic) bond motifs is 4. The van der Waals surface area contributed by atoms with Crippen LogP contribution < -0.4 is 0 Å². The molecule has 0 amide bonds. The number of rotatable bonds is 4. The van der Waals surface area contributed by atoms with Crippen LogP contribution in [0.2, 0.25) is 0 Å². The molecule has 32 heavy (non-hydrogen) atoms. The molecule has 7 heteroatoms. The van der Waals surface area contributed by atoms with Gasteiger partial charge in [-0.15, -0.1) is 0 Å². The van der Waals surface area contributed by atoms with E-state index in [9.17, 15) is 23.1 Å². The lowest BCUT2D eigenvalue weighted by Crippen LogP contribution is -2.46. The molecule has 174 valence electrons. The van der Waals surface area contributed by atoms with Gasteiger partial charge in [-0.25, -0.2) is 0 Å². The number of carbonyl (C=O) groups is 1. The summed E-state index contributed by atoms with van der Waals surface area (Å²) in [4.78, 5) is 17.7. The van der Waals surface area contributed by atoms with Crippen LogP contribution >= 0.6 is 0 Å². The second-order valence-corrected chi connectivity index (χ2v) is 10.3. The van der Waals surface area contributed by atoms with Crippen molar-refractivity contribution in [3.8, 4) is 0 Å². The predicted octanol–water partition coefficient (Wildman–Crippen LogP) is 5.82. The van der Waals surface area contributed by atoms with Gasteiger partial charge in [-0.2, -0.15) is 13.2 Å². The van der Waals surface area contributed by atoms with Crippen LogP contribution in [-0.4, -0.2) is 40.6 Å². The number of carboxylic acid groups (broad SMARTS) is 1. The van der Waals surface area contributed by atoms with E-state index in [1.165, 1.54) is 6.07 Å². The Morgan fingerprint density at radius 1 is 1.28 bits per heavy atom. The second kappa shape index (κ2) is 7.79. The Labute approximate surface area is 186 Å². The van der Waals surface area contributed by atoms with Gasteiger partial charge in [0.15, 0.2) is 0 Å². The van der Waals surface area contributed by atoms with Crippen LogP contribution in [0.15, 0.2) is 18.2 Å². The summed E-state index contributed by atoms with van der Waals surface area (Å²) in [6.07, 6.45) is 1.83. The lowest BCUT2D eigenvalue weighted by atomic mass is 9.68. The number of aliphatic carboxylic acids is 1. The Hall–Kier alpha value is -2.02. The topological polar surface area (TPSA) is 56.3 Å². The number of carboxylic acids is 1. The summed E-state index contributed by atoms with van der Waals surface area (Å²) in [6, 6.07) is 4.02. The molecular weight excluding hydrogens is 417 g/mol. The lowest BCUT2D eigenvalue weighted by molar-refractivity contribution is -0.149. The molecule has 0 unspecified atom stereocenters. The minimum atomic E-state index is -4.35. The van der Waals surface area contributed by atoms with E-state index in [0.29, 0.717) is 23.6 Å². The van der Waals surface area contributed by atoms with Gasteiger partial charge in [0.2, 0.25) is 0 Å². The number of nitrogens with zero attached hydrogens (tertiary/aromatic N) is 1. The number of benzene rings is 1. The highest BCUT2D eigenvalue weighted by Gasteiger charge is 2.43. The molecule has 1 aliphatic heterocycles. The van der Waals surface area contributed by atoms with Crippen LogP contribution in [0, 0.1) is 17.3 Å². The van der Waals surface area contributed by atoms with E-state index in [1.54, 1.807) is 6.07 Å². The van der Waals surface area contributed by atoms with Gasteiger partial charge in [0.25, 0.3) is 0 Å². The molecule has 0 bridgehead atoms. The zero-order valence-electron chi connectivity index (χ0n) is 18.5. The third kappa shape index (κ3) is 3.62. The monoisotopic (exact) mass is 448 g/mol. The molecule has 0 spiro atoms. The molecule has 3 aliphatic rings. The number of halogens is 3. The largest absolute Gasteiger partial charge is 0.481 e. The number of piperidine rings is 1. The highest BCUT2D eigenvalue weighted by Crippen LogP contribution is 2.47. The molecule has 2 N–H and O–H groups in total. The van der Waals surface area contributed by atoms with Crippen molar-refractivity contribution >= 4 is 16.9 Å². The first-order chi connectivity index (χ1) is 15.2. The van der Waals surface area contributed by atoms with Crippen molar-refractivity contribution in [3.63, 3.8) is 0 Å². The van der Waals surface area contributed by atoms with Crippen LogP contribution in [0.3, 0.4) is 0 Å². The highest BCUT2D eigenvalue weighted by molar-refractivity contribution is 5.86. The number of likely N-dealkylation sites (tertiary alicyclic amines) is 1. The van der Waals surface area contributed by atoms with Crippen LogP contribution in [0.4, 0.5) is 13.2 Å². The van der Waals surface area contributed by atoms with Gasteiger partial charge in [-0.05, 0) is 86.7 Å². The molecule has 1 saturated heterocycles. The molecule has 0 radical (unpaired) electrons.